The highest BCUT2D eigenvalue weighted by Gasteiger charge is 2.33. The quantitative estimate of drug-likeness (QED) is 0.733. The molecule has 0 saturated carbocycles. The maximum Gasteiger partial charge on any atom is 0.183 e. The van der Waals surface area contributed by atoms with Gasteiger partial charge < -0.3 is 4.43 Å². The molecule has 1 aromatic rings. The van der Waals surface area contributed by atoms with Crippen molar-refractivity contribution in [3.8, 4) is 0 Å². The molecule has 84 valence electrons. The van der Waals surface area contributed by atoms with E-state index in [1.165, 1.54) is 5.67 Å². The van der Waals surface area contributed by atoms with E-state index >= 15 is 0 Å². The van der Waals surface area contributed by atoms with Crippen LogP contribution in [-0.4, -0.2) is 23.5 Å². The zero-order valence-electron chi connectivity index (χ0n) is 10.5. The summed E-state index contributed by atoms with van der Waals surface area (Å²) in [5.41, 5.74) is 1.29. The molecular formula is C12H22OSi2. The van der Waals surface area contributed by atoms with Crippen molar-refractivity contribution in [2.75, 3.05) is 7.11 Å². The maximum absolute atomic E-state index is 5.67. The molecule has 0 amide bonds. The Morgan fingerprint density at radius 1 is 1.00 bits per heavy atom. The lowest BCUT2D eigenvalue weighted by Gasteiger charge is -2.31. The zero-order chi connectivity index (χ0) is 11.5. The molecular weight excluding hydrogens is 216 g/mol. The smallest absolute Gasteiger partial charge is 0.183 e. The van der Waals surface area contributed by atoms with Gasteiger partial charge in [0, 0.05) is 7.11 Å². The lowest BCUT2D eigenvalue weighted by molar-refractivity contribution is 0.408. The number of hydrogen-bond acceptors (Lipinski definition) is 1. The van der Waals surface area contributed by atoms with Crippen LogP contribution in [0.2, 0.25) is 31.9 Å². The molecule has 3 heteroatoms. The molecule has 0 N–H and O–H groups in total. The predicted molar refractivity (Wildman–Crippen MR) is 72.9 cm³/mol. The lowest BCUT2D eigenvalue weighted by atomic mass is 10.4. The van der Waals surface area contributed by atoms with Crippen LogP contribution in [-0.2, 0) is 4.43 Å². The van der Waals surface area contributed by atoms with E-state index in [9.17, 15) is 0 Å². The summed E-state index contributed by atoms with van der Waals surface area (Å²) in [6.07, 6.45) is 0. The van der Waals surface area contributed by atoms with Gasteiger partial charge in [-0.3, -0.25) is 0 Å². The van der Waals surface area contributed by atoms with Crippen molar-refractivity contribution in [3.63, 3.8) is 0 Å². The third-order valence-electron chi connectivity index (χ3n) is 2.98. The molecule has 0 aliphatic heterocycles. The fourth-order valence-electron chi connectivity index (χ4n) is 2.13. The molecule has 0 aliphatic carbocycles. The van der Waals surface area contributed by atoms with E-state index in [1.54, 1.807) is 5.19 Å². The Balaban J connectivity index is 2.85. The third kappa shape index (κ3) is 3.59. The number of benzene rings is 1. The first-order valence-electron chi connectivity index (χ1n) is 5.48. The van der Waals surface area contributed by atoms with Crippen LogP contribution in [0.1, 0.15) is 0 Å². The topological polar surface area (TPSA) is 9.23 Å². The minimum Gasteiger partial charge on any atom is -0.421 e. The van der Waals surface area contributed by atoms with E-state index in [0.29, 0.717) is 0 Å². The zero-order valence-corrected chi connectivity index (χ0v) is 12.5. The van der Waals surface area contributed by atoms with E-state index in [2.05, 4.69) is 56.5 Å². The molecule has 0 spiro atoms. The average molecular weight is 238 g/mol. The van der Waals surface area contributed by atoms with E-state index < -0.39 is 16.4 Å². The Bertz CT molecular complexity index is 307. The van der Waals surface area contributed by atoms with Crippen LogP contribution < -0.4 is 5.19 Å². The van der Waals surface area contributed by atoms with E-state index in [-0.39, 0.29) is 0 Å². The standard InChI is InChI=1S/C12H22OSi2/c1-13-15(4,5)11-14(2,3)12-9-7-6-8-10-12/h6-10H,11H2,1-5H3. The molecule has 15 heavy (non-hydrogen) atoms. The van der Waals surface area contributed by atoms with Gasteiger partial charge in [-0.15, -0.1) is 0 Å². The lowest BCUT2D eigenvalue weighted by Crippen LogP contribution is -2.49. The Kier molecular flexibility index (Phi) is 3.92. The summed E-state index contributed by atoms with van der Waals surface area (Å²) in [6, 6.07) is 10.9. The van der Waals surface area contributed by atoms with Gasteiger partial charge in [0.15, 0.2) is 8.32 Å². The Labute approximate surface area is 95.6 Å². The van der Waals surface area contributed by atoms with Crippen molar-refractivity contribution in [2.45, 2.75) is 31.9 Å². The van der Waals surface area contributed by atoms with E-state index in [1.807, 2.05) is 7.11 Å². The fraction of sp³-hybridized carbons (Fsp3) is 0.500. The molecule has 0 fully saturated rings. The van der Waals surface area contributed by atoms with Crippen LogP contribution in [0.4, 0.5) is 0 Å². The first-order valence-corrected chi connectivity index (χ1v) is 11.8. The van der Waals surface area contributed by atoms with Crippen molar-refractivity contribution in [1.29, 1.82) is 0 Å². The maximum atomic E-state index is 5.67. The molecule has 1 nitrogen and oxygen atoms in total. The molecule has 0 aromatic heterocycles. The highest BCUT2D eigenvalue weighted by atomic mass is 28.4. The van der Waals surface area contributed by atoms with Crippen LogP contribution in [0.25, 0.3) is 0 Å². The van der Waals surface area contributed by atoms with Crippen LogP contribution in [0.5, 0.6) is 0 Å². The Hall–Kier alpha value is -0.386. The molecule has 0 unspecified atom stereocenters. The molecule has 0 bridgehead atoms. The SMILES string of the molecule is CO[Si](C)(C)C[Si](C)(C)c1ccccc1. The Morgan fingerprint density at radius 2 is 1.53 bits per heavy atom. The molecule has 0 radical (unpaired) electrons. The van der Waals surface area contributed by atoms with Gasteiger partial charge in [-0.1, -0.05) is 48.6 Å². The second-order valence-electron chi connectivity index (χ2n) is 5.39. The van der Waals surface area contributed by atoms with Crippen molar-refractivity contribution in [1.82, 2.24) is 0 Å². The summed E-state index contributed by atoms with van der Waals surface area (Å²) in [4.78, 5) is 0. The van der Waals surface area contributed by atoms with Crippen molar-refractivity contribution in [3.05, 3.63) is 30.3 Å². The summed E-state index contributed by atoms with van der Waals surface area (Å²) in [5.74, 6) is 0. The summed E-state index contributed by atoms with van der Waals surface area (Å²) in [6.45, 7) is 9.50. The first kappa shape index (κ1) is 12.7. The van der Waals surface area contributed by atoms with E-state index in [4.69, 9.17) is 4.43 Å². The molecule has 0 heterocycles. The first-order chi connectivity index (χ1) is 6.87. The van der Waals surface area contributed by atoms with Crippen molar-refractivity contribution < 1.29 is 4.43 Å². The van der Waals surface area contributed by atoms with Crippen LogP contribution in [0.3, 0.4) is 0 Å². The molecule has 0 atom stereocenters. The summed E-state index contributed by atoms with van der Waals surface area (Å²) in [7, 11) is -0.870. The molecule has 1 aromatic carbocycles. The average Bonchev–Trinajstić information content (AvgIpc) is 2.18. The van der Waals surface area contributed by atoms with Crippen LogP contribution in [0.15, 0.2) is 30.3 Å². The van der Waals surface area contributed by atoms with Gasteiger partial charge in [-0.05, 0) is 18.8 Å². The number of rotatable bonds is 4. The van der Waals surface area contributed by atoms with Crippen LogP contribution >= 0.6 is 0 Å². The summed E-state index contributed by atoms with van der Waals surface area (Å²) < 4.78 is 5.67. The van der Waals surface area contributed by atoms with Gasteiger partial charge >= 0.3 is 0 Å². The van der Waals surface area contributed by atoms with Gasteiger partial charge in [0.25, 0.3) is 0 Å². The normalized spacial score (nSPS) is 12.9. The number of hydrogen-bond donors (Lipinski definition) is 0. The van der Waals surface area contributed by atoms with Gasteiger partial charge in [0.2, 0.25) is 0 Å². The molecule has 0 aliphatic rings. The van der Waals surface area contributed by atoms with Crippen molar-refractivity contribution in [2.24, 2.45) is 0 Å². The van der Waals surface area contributed by atoms with Crippen LogP contribution in [0, 0.1) is 0 Å². The molecule has 0 saturated heterocycles. The highest BCUT2D eigenvalue weighted by molar-refractivity contribution is 7.00. The van der Waals surface area contributed by atoms with Gasteiger partial charge in [-0.2, -0.15) is 0 Å². The third-order valence-corrected chi connectivity index (χ3v) is 12.9. The minimum absolute atomic E-state index is 1.29. The summed E-state index contributed by atoms with van der Waals surface area (Å²) >= 11 is 0. The second-order valence-corrected chi connectivity index (χ2v) is 15.1. The van der Waals surface area contributed by atoms with Gasteiger partial charge in [-0.25, -0.2) is 0 Å². The minimum atomic E-state index is -1.43. The van der Waals surface area contributed by atoms with E-state index in [0.717, 1.165) is 0 Å². The largest absolute Gasteiger partial charge is 0.421 e. The Morgan fingerprint density at radius 3 is 2.00 bits per heavy atom. The fourth-order valence-corrected chi connectivity index (χ4v) is 13.1. The predicted octanol–water partition coefficient (Wildman–Crippen LogP) is 2.99. The van der Waals surface area contributed by atoms with Gasteiger partial charge in [0.05, 0.1) is 8.07 Å². The molecule has 1 rings (SSSR count). The van der Waals surface area contributed by atoms with Crippen molar-refractivity contribution >= 4 is 21.6 Å². The van der Waals surface area contributed by atoms with Gasteiger partial charge in [0.1, 0.15) is 0 Å². The summed E-state index contributed by atoms with van der Waals surface area (Å²) in [5, 5.41) is 1.54. The monoisotopic (exact) mass is 238 g/mol. The second kappa shape index (κ2) is 4.64. The highest BCUT2D eigenvalue weighted by Crippen LogP contribution is 2.19.